The first kappa shape index (κ1) is 28.7. The van der Waals surface area contributed by atoms with Gasteiger partial charge in [0.2, 0.25) is 0 Å². The van der Waals surface area contributed by atoms with Crippen molar-refractivity contribution in [2.75, 3.05) is 24.2 Å². The maximum absolute atomic E-state index is 13.9. The minimum atomic E-state index is -0.166. The van der Waals surface area contributed by atoms with Gasteiger partial charge in [0.05, 0.1) is 35.5 Å². The van der Waals surface area contributed by atoms with Gasteiger partial charge in [-0.15, -0.1) is 0 Å². The van der Waals surface area contributed by atoms with Crippen molar-refractivity contribution < 1.29 is 5.11 Å². The van der Waals surface area contributed by atoms with E-state index in [2.05, 4.69) is 27.2 Å². The van der Waals surface area contributed by atoms with E-state index in [1.807, 2.05) is 63.3 Å². The third-order valence-electron chi connectivity index (χ3n) is 5.98. The molecule has 2 aromatic heterocycles. The molecule has 0 spiro atoms. The third kappa shape index (κ3) is 6.36. The lowest BCUT2D eigenvalue weighted by Crippen LogP contribution is -2.26. The Hall–Kier alpha value is -4.83. The lowest BCUT2D eigenvalue weighted by atomic mass is 10.0. The number of anilines is 2. The van der Waals surface area contributed by atoms with Crippen LogP contribution >= 0.6 is 0 Å². The standard InChI is InChI=1S/C29H34N8O2/c1-5-6-10-23(18(2)3)37-22(13-20-9-7-8-19(4)24(20)29(37)39)16-34-28-25(27(32)35-17-36-28)26(31)21(14-30)15-33-11-12-38/h5-10,13-15,17,30-31,33,38H,2,11-12,16H2,1,3-4H3,(H3,32,34,35,36)/b6-5-,21-15+,23-10+,30-14?,31-26?. The van der Waals surface area contributed by atoms with Crippen molar-refractivity contribution in [2.24, 2.45) is 0 Å². The smallest absolute Gasteiger partial charge is 0.263 e. The Morgan fingerprint density at radius 2 is 2.08 bits per heavy atom. The monoisotopic (exact) mass is 526 g/mol. The summed E-state index contributed by atoms with van der Waals surface area (Å²) in [5.41, 5.74) is 9.25. The zero-order chi connectivity index (χ0) is 28.5. The fraction of sp³-hybridized carbons (Fsp3) is 0.207. The topological polar surface area (TPSA) is 166 Å². The van der Waals surface area contributed by atoms with Gasteiger partial charge in [-0.05, 0) is 49.4 Å². The normalized spacial score (nSPS) is 12.1. The van der Waals surface area contributed by atoms with Crippen molar-refractivity contribution >= 4 is 40.0 Å². The Bertz CT molecular complexity index is 1560. The number of nitrogens with two attached hydrogens (primary N) is 1. The highest BCUT2D eigenvalue weighted by Crippen LogP contribution is 2.24. The first-order chi connectivity index (χ1) is 18.7. The van der Waals surface area contributed by atoms with Crippen molar-refractivity contribution in [3.63, 3.8) is 0 Å². The van der Waals surface area contributed by atoms with Gasteiger partial charge in [0.1, 0.15) is 18.0 Å². The van der Waals surface area contributed by atoms with E-state index in [0.29, 0.717) is 22.4 Å². The zero-order valence-corrected chi connectivity index (χ0v) is 22.4. The molecule has 3 aromatic rings. The molecule has 0 aliphatic heterocycles. The fourth-order valence-corrected chi connectivity index (χ4v) is 4.11. The number of rotatable bonds is 12. The summed E-state index contributed by atoms with van der Waals surface area (Å²) in [6, 6.07) is 7.67. The molecule has 0 amide bonds. The van der Waals surface area contributed by atoms with E-state index >= 15 is 0 Å². The summed E-state index contributed by atoms with van der Waals surface area (Å²) in [4.78, 5) is 22.2. The van der Waals surface area contributed by atoms with Gasteiger partial charge in [-0.1, -0.05) is 36.9 Å². The molecular weight excluding hydrogens is 492 g/mol. The number of nitrogens with zero attached hydrogens (tertiary/aromatic N) is 3. The SMILES string of the molecule is C=C(C)/C(=C\C=C/C)n1c(CNc2ncnc(N)c2C(=N)/C(C=N)=C/NCCO)cc2cccc(C)c2c1=O. The first-order valence-corrected chi connectivity index (χ1v) is 12.4. The van der Waals surface area contributed by atoms with Crippen LogP contribution in [-0.4, -0.2) is 44.7 Å². The van der Waals surface area contributed by atoms with Gasteiger partial charge in [-0.3, -0.25) is 14.8 Å². The summed E-state index contributed by atoms with van der Waals surface area (Å²) in [6.07, 6.45) is 9.34. The number of aryl methyl sites for hydroxylation is 1. The molecule has 10 heteroatoms. The Balaban J connectivity index is 2.15. The van der Waals surface area contributed by atoms with Crippen LogP contribution in [0, 0.1) is 17.7 Å². The third-order valence-corrected chi connectivity index (χ3v) is 5.98. The molecule has 0 atom stereocenters. The Morgan fingerprint density at radius 1 is 1.31 bits per heavy atom. The summed E-state index contributed by atoms with van der Waals surface area (Å²) in [5, 5.41) is 33.0. The molecule has 1 aromatic carbocycles. The lowest BCUT2D eigenvalue weighted by molar-refractivity contribution is 0.298. The molecule has 39 heavy (non-hydrogen) atoms. The molecular formula is C29H34N8O2. The Morgan fingerprint density at radius 3 is 2.74 bits per heavy atom. The maximum atomic E-state index is 13.9. The van der Waals surface area contributed by atoms with Crippen LogP contribution in [0.4, 0.5) is 11.6 Å². The Kier molecular flexibility index (Phi) is 9.66. The highest BCUT2D eigenvalue weighted by Gasteiger charge is 2.19. The number of hydrogen-bond donors (Lipinski definition) is 6. The van der Waals surface area contributed by atoms with Crippen LogP contribution in [0.5, 0.6) is 0 Å². The number of allylic oxidation sites excluding steroid dienone is 6. The number of aliphatic hydroxyl groups excluding tert-OH is 1. The molecule has 0 unspecified atom stereocenters. The largest absolute Gasteiger partial charge is 0.395 e. The second-order valence-corrected chi connectivity index (χ2v) is 8.81. The molecule has 0 radical (unpaired) electrons. The van der Waals surface area contributed by atoms with Gasteiger partial charge in [0.25, 0.3) is 5.56 Å². The summed E-state index contributed by atoms with van der Waals surface area (Å²) >= 11 is 0. The van der Waals surface area contributed by atoms with Gasteiger partial charge < -0.3 is 26.9 Å². The molecule has 0 fully saturated rings. The number of fused-ring (bicyclic) bond motifs is 1. The van der Waals surface area contributed by atoms with Crippen molar-refractivity contribution in [3.8, 4) is 0 Å². The van der Waals surface area contributed by atoms with Crippen molar-refractivity contribution in [3.05, 3.63) is 99.9 Å². The predicted octanol–water partition coefficient (Wildman–Crippen LogP) is 3.77. The van der Waals surface area contributed by atoms with Crippen LogP contribution in [0.25, 0.3) is 16.5 Å². The molecule has 0 saturated heterocycles. The second kappa shape index (κ2) is 13.1. The lowest BCUT2D eigenvalue weighted by Gasteiger charge is -2.20. The van der Waals surface area contributed by atoms with E-state index in [0.717, 1.165) is 17.2 Å². The second-order valence-electron chi connectivity index (χ2n) is 8.81. The van der Waals surface area contributed by atoms with Crippen LogP contribution in [0.1, 0.15) is 30.7 Å². The molecule has 0 aliphatic carbocycles. The highest BCUT2D eigenvalue weighted by molar-refractivity contribution is 6.25. The first-order valence-electron chi connectivity index (χ1n) is 12.4. The summed E-state index contributed by atoms with van der Waals surface area (Å²) in [5.74, 6) is 0.342. The van der Waals surface area contributed by atoms with Crippen molar-refractivity contribution in [2.45, 2.75) is 27.3 Å². The van der Waals surface area contributed by atoms with Gasteiger partial charge >= 0.3 is 0 Å². The molecule has 10 nitrogen and oxygen atoms in total. The van der Waals surface area contributed by atoms with E-state index in [1.165, 1.54) is 12.5 Å². The number of nitrogen functional groups attached to an aromatic ring is 1. The molecule has 7 N–H and O–H groups in total. The summed E-state index contributed by atoms with van der Waals surface area (Å²) in [6.45, 7) is 10.1. The quantitative estimate of drug-likeness (QED) is 0.119. The molecule has 0 saturated carbocycles. The number of aliphatic hydroxyl groups is 1. The predicted molar refractivity (Wildman–Crippen MR) is 159 cm³/mol. The average molecular weight is 527 g/mol. The van der Waals surface area contributed by atoms with Gasteiger partial charge in [0.15, 0.2) is 0 Å². The number of nitrogens with one attached hydrogen (secondary N) is 4. The van der Waals surface area contributed by atoms with Crippen molar-refractivity contribution in [1.82, 2.24) is 19.9 Å². The molecule has 3 rings (SSSR count). The number of aromatic nitrogens is 3. The summed E-state index contributed by atoms with van der Waals surface area (Å²) in [7, 11) is 0. The maximum Gasteiger partial charge on any atom is 0.263 e. The number of hydrogen-bond acceptors (Lipinski definition) is 9. The highest BCUT2D eigenvalue weighted by atomic mass is 16.3. The number of pyridine rings is 1. The molecule has 0 bridgehead atoms. The van der Waals surface area contributed by atoms with E-state index in [1.54, 1.807) is 4.57 Å². The molecule has 202 valence electrons. The van der Waals surface area contributed by atoms with Crippen LogP contribution in [0.15, 0.2) is 77.5 Å². The van der Waals surface area contributed by atoms with Crippen LogP contribution in [0.3, 0.4) is 0 Å². The molecule has 0 aliphatic rings. The van der Waals surface area contributed by atoms with E-state index < -0.39 is 0 Å². The fourth-order valence-electron chi connectivity index (χ4n) is 4.11. The van der Waals surface area contributed by atoms with E-state index in [9.17, 15) is 4.79 Å². The zero-order valence-electron chi connectivity index (χ0n) is 22.4. The van der Waals surface area contributed by atoms with E-state index in [4.69, 9.17) is 21.7 Å². The van der Waals surface area contributed by atoms with Crippen LogP contribution < -0.4 is 21.9 Å². The molecule has 2 heterocycles. The van der Waals surface area contributed by atoms with Crippen LogP contribution in [0.2, 0.25) is 0 Å². The van der Waals surface area contributed by atoms with Gasteiger partial charge in [-0.2, -0.15) is 0 Å². The number of benzene rings is 1. The minimum Gasteiger partial charge on any atom is -0.395 e. The van der Waals surface area contributed by atoms with Gasteiger partial charge in [0, 0.05) is 30.2 Å². The minimum absolute atomic E-state index is 0.0644. The Labute approximate surface area is 227 Å². The average Bonchev–Trinajstić information content (AvgIpc) is 2.90. The van der Waals surface area contributed by atoms with Crippen LogP contribution in [-0.2, 0) is 6.54 Å². The van der Waals surface area contributed by atoms with E-state index in [-0.39, 0.29) is 53.7 Å². The van der Waals surface area contributed by atoms with Gasteiger partial charge in [-0.25, -0.2) is 9.97 Å². The van der Waals surface area contributed by atoms with Crippen molar-refractivity contribution in [1.29, 1.82) is 10.8 Å². The summed E-state index contributed by atoms with van der Waals surface area (Å²) < 4.78 is 1.64.